The molecular formula is C26H32N4O2. The third kappa shape index (κ3) is 5.02. The molecule has 32 heavy (non-hydrogen) atoms. The second kappa shape index (κ2) is 9.57. The molecule has 4 rings (SSSR count). The quantitative estimate of drug-likeness (QED) is 0.587. The summed E-state index contributed by atoms with van der Waals surface area (Å²) >= 11 is 0. The van der Waals surface area contributed by atoms with Crippen LogP contribution in [0.25, 0.3) is 0 Å². The van der Waals surface area contributed by atoms with Gasteiger partial charge in [-0.15, -0.1) is 0 Å². The number of nitrogens with zero attached hydrogens (tertiary/aromatic N) is 4. The van der Waals surface area contributed by atoms with Crippen LogP contribution >= 0.6 is 0 Å². The van der Waals surface area contributed by atoms with Crippen LogP contribution in [-0.4, -0.2) is 58.0 Å². The molecular weight excluding hydrogens is 400 g/mol. The number of aryl methyl sites for hydroxylation is 1. The van der Waals surface area contributed by atoms with E-state index >= 15 is 0 Å². The summed E-state index contributed by atoms with van der Waals surface area (Å²) in [6.07, 6.45) is 3.92. The average Bonchev–Trinajstić information content (AvgIpc) is 3.18. The molecule has 1 fully saturated rings. The van der Waals surface area contributed by atoms with E-state index in [2.05, 4.69) is 39.7 Å². The van der Waals surface area contributed by atoms with Crippen molar-refractivity contribution in [3.8, 4) is 5.75 Å². The van der Waals surface area contributed by atoms with E-state index in [0.717, 1.165) is 35.8 Å². The number of likely N-dealkylation sites (N-methyl/N-ethyl adjacent to an activating group) is 1. The summed E-state index contributed by atoms with van der Waals surface area (Å²) in [4.78, 5) is 21.9. The molecule has 0 radical (unpaired) electrons. The Bertz CT molecular complexity index is 1060. The summed E-state index contributed by atoms with van der Waals surface area (Å²) in [7, 11) is 2.12. The van der Waals surface area contributed by atoms with E-state index in [1.165, 1.54) is 5.56 Å². The summed E-state index contributed by atoms with van der Waals surface area (Å²) in [6.45, 7) is 8.99. The molecule has 0 saturated carbocycles. The van der Waals surface area contributed by atoms with Crippen LogP contribution < -0.4 is 4.74 Å². The fourth-order valence-corrected chi connectivity index (χ4v) is 4.21. The second-order valence-electron chi connectivity index (χ2n) is 8.79. The monoisotopic (exact) mass is 432 g/mol. The first kappa shape index (κ1) is 22.1. The first-order chi connectivity index (χ1) is 15.4. The lowest BCUT2D eigenvalue weighted by atomic mass is 10.0. The van der Waals surface area contributed by atoms with Gasteiger partial charge in [0.25, 0.3) is 5.91 Å². The highest BCUT2D eigenvalue weighted by Crippen LogP contribution is 2.27. The highest BCUT2D eigenvalue weighted by Gasteiger charge is 2.29. The molecule has 1 aliphatic heterocycles. The SMILES string of the molecule is Cc1nccn1Cc1cccc(C(=O)N2CCN(C)C(c3ccc(OC(C)C)cc3)C2)c1. The van der Waals surface area contributed by atoms with E-state index in [0.29, 0.717) is 13.1 Å². The van der Waals surface area contributed by atoms with Crippen LogP contribution in [0.3, 0.4) is 0 Å². The summed E-state index contributed by atoms with van der Waals surface area (Å²) in [5.74, 6) is 1.93. The Labute approximate surface area is 190 Å². The summed E-state index contributed by atoms with van der Waals surface area (Å²) in [6, 6.07) is 16.4. The number of ether oxygens (including phenoxy) is 1. The number of aromatic nitrogens is 2. The zero-order valence-electron chi connectivity index (χ0n) is 19.4. The molecule has 2 heterocycles. The molecule has 6 heteroatoms. The van der Waals surface area contributed by atoms with E-state index in [4.69, 9.17) is 4.74 Å². The van der Waals surface area contributed by atoms with Gasteiger partial charge in [0.1, 0.15) is 11.6 Å². The van der Waals surface area contributed by atoms with E-state index in [1.807, 2.05) is 62.2 Å². The third-order valence-electron chi connectivity index (χ3n) is 6.02. The zero-order valence-corrected chi connectivity index (χ0v) is 19.4. The Balaban J connectivity index is 1.47. The van der Waals surface area contributed by atoms with Gasteiger partial charge in [-0.05, 0) is 63.2 Å². The van der Waals surface area contributed by atoms with Gasteiger partial charge in [-0.2, -0.15) is 0 Å². The van der Waals surface area contributed by atoms with Gasteiger partial charge in [-0.3, -0.25) is 9.69 Å². The average molecular weight is 433 g/mol. The van der Waals surface area contributed by atoms with Gasteiger partial charge in [-0.1, -0.05) is 24.3 Å². The van der Waals surface area contributed by atoms with Gasteiger partial charge in [0.05, 0.1) is 12.1 Å². The van der Waals surface area contributed by atoms with Gasteiger partial charge >= 0.3 is 0 Å². The van der Waals surface area contributed by atoms with Crippen molar-refractivity contribution < 1.29 is 9.53 Å². The van der Waals surface area contributed by atoms with Gasteiger partial charge in [0.2, 0.25) is 0 Å². The Morgan fingerprint density at radius 2 is 1.94 bits per heavy atom. The van der Waals surface area contributed by atoms with Gasteiger partial charge in [0.15, 0.2) is 0 Å². The Hall–Kier alpha value is -3.12. The minimum Gasteiger partial charge on any atom is -0.491 e. The normalized spacial score (nSPS) is 17.0. The molecule has 1 aliphatic rings. The molecule has 0 bridgehead atoms. The van der Waals surface area contributed by atoms with Crippen molar-refractivity contribution in [3.63, 3.8) is 0 Å². The van der Waals surface area contributed by atoms with E-state index in [-0.39, 0.29) is 18.1 Å². The number of amides is 1. The molecule has 1 aromatic heterocycles. The molecule has 3 aromatic rings. The number of imidazole rings is 1. The summed E-state index contributed by atoms with van der Waals surface area (Å²) < 4.78 is 7.86. The zero-order chi connectivity index (χ0) is 22.7. The Kier molecular flexibility index (Phi) is 6.61. The number of benzene rings is 2. The topological polar surface area (TPSA) is 50.6 Å². The van der Waals surface area contributed by atoms with E-state index in [1.54, 1.807) is 6.20 Å². The number of piperazine rings is 1. The third-order valence-corrected chi connectivity index (χ3v) is 6.02. The molecule has 1 saturated heterocycles. The lowest BCUT2D eigenvalue weighted by Gasteiger charge is -2.39. The Morgan fingerprint density at radius 3 is 2.62 bits per heavy atom. The fraction of sp³-hybridized carbons (Fsp3) is 0.385. The lowest BCUT2D eigenvalue weighted by molar-refractivity contribution is 0.0546. The lowest BCUT2D eigenvalue weighted by Crippen LogP contribution is -2.49. The number of carbonyl (C=O) groups is 1. The first-order valence-electron chi connectivity index (χ1n) is 11.2. The molecule has 1 unspecified atom stereocenters. The summed E-state index contributed by atoms with van der Waals surface area (Å²) in [5, 5.41) is 0. The maximum absolute atomic E-state index is 13.3. The van der Waals surface area contributed by atoms with Crippen molar-refractivity contribution in [2.24, 2.45) is 0 Å². The molecule has 0 aliphatic carbocycles. The van der Waals surface area contributed by atoms with Crippen LogP contribution in [0.2, 0.25) is 0 Å². The maximum atomic E-state index is 13.3. The maximum Gasteiger partial charge on any atom is 0.253 e. The number of carbonyl (C=O) groups excluding carboxylic acids is 1. The van der Waals surface area contributed by atoms with E-state index < -0.39 is 0 Å². The predicted octanol–water partition coefficient (Wildman–Crippen LogP) is 4.16. The minimum atomic E-state index is 0.0899. The largest absolute Gasteiger partial charge is 0.491 e. The molecule has 6 nitrogen and oxygen atoms in total. The first-order valence-corrected chi connectivity index (χ1v) is 11.2. The van der Waals surface area contributed by atoms with Crippen LogP contribution in [0.5, 0.6) is 5.75 Å². The number of hydrogen-bond donors (Lipinski definition) is 0. The molecule has 1 amide bonds. The fourth-order valence-electron chi connectivity index (χ4n) is 4.21. The Morgan fingerprint density at radius 1 is 1.16 bits per heavy atom. The smallest absolute Gasteiger partial charge is 0.253 e. The van der Waals surface area contributed by atoms with Crippen molar-refractivity contribution >= 4 is 5.91 Å². The van der Waals surface area contributed by atoms with Crippen LogP contribution in [-0.2, 0) is 6.54 Å². The highest BCUT2D eigenvalue weighted by atomic mass is 16.5. The molecule has 2 aromatic carbocycles. The molecule has 168 valence electrons. The van der Waals surface area contributed by atoms with Crippen molar-refractivity contribution in [1.82, 2.24) is 19.4 Å². The summed E-state index contributed by atoms with van der Waals surface area (Å²) in [5.41, 5.74) is 3.04. The minimum absolute atomic E-state index is 0.0899. The van der Waals surface area contributed by atoms with Crippen LogP contribution in [0, 0.1) is 6.92 Å². The van der Waals surface area contributed by atoms with E-state index in [9.17, 15) is 4.79 Å². The van der Waals surface area contributed by atoms with Gasteiger partial charge in [0, 0.05) is 44.1 Å². The van der Waals surface area contributed by atoms with Crippen molar-refractivity contribution in [3.05, 3.63) is 83.4 Å². The van der Waals surface area contributed by atoms with Crippen molar-refractivity contribution in [1.29, 1.82) is 0 Å². The highest BCUT2D eigenvalue weighted by molar-refractivity contribution is 5.94. The van der Waals surface area contributed by atoms with Gasteiger partial charge < -0.3 is 14.2 Å². The van der Waals surface area contributed by atoms with Gasteiger partial charge in [-0.25, -0.2) is 4.98 Å². The van der Waals surface area contributed by atoms with Crippen LogP contribution in [0.15, 0.2) is 60.9 Å². The van der Waals surface area contributed by atoms with Crippen LogP contribution in [0.1, 0.15) is 47.2 Å². The molecule has 0 spiro atoms. The standard InChI is InChI=1S/C26H32N4O2/c1-19(2)32-24-10-8-22(9-11-24)25-18-30(15-14-28(25)4)26(31)23-7-5-6-21(16-23)17-29-13-12-27-20(29)3/h5-13,16,19,25H,14-15,17-18H2,1-4H3. The molecule has 0 N–H and O–H groups in total. The number of rotatable bonds is 6. The second-order valence-corrected chi connectivity index (χ2v) is 8.79. The van der Waals surface area contributed by atoms with Crippen molar-refractivity contribution in [2.45, 2.75) is 39.5 Å². The molecule has 1 atom stereocenters. The van der Waals surface area contributed by atoms with Crippen LogP contribution in [0.4, 0.5) is 0 Å². The number of hydrogen-bond acceptors (Lipinski definition) is 4. The predicted molar refractivity (Wildman–Crippen MR) is 126 cm³/mol. The van der Waals surface area contributed by atoms with Crippen molar-refractivity contribution in [2.75, 3.05) is 26.7 Å².